The molecule has 1 aliphatic heterocycles. The van der Waals surface area contributed by atoms with Crippen molar-refractivity contribution in [2.24, 2.45) is 0 Å². The van der Waals surface area contributed by atoms with E-state index in [1.807, 2.05) is 91.0 Å². The van der Waals surface area contributed by atoms with Crippen LogP contribution in [-0.4, -0.2) is 27.3 Å². The quantitative estimate of drug-likeness (QED) is 0.348. The number of hydrogen-bond acceptors (Lipinski definition) is 5. The molecule has 0 saturated heterocycles. The number of fused-ring (bicyclic) bond motifs is 3. The molecule has 5 rings (SSSR count). The van der Waals surface area contributed by atoms with Gasteiger partial charge in [0, 0.05) is 22.1 Å². The molecule has 1 aliphatic rings. The largest absolute Gasteiger partial charge is 0.497 e. The van der Waals surface area contributed by atoms with Gasteiger partial charge in [-0.2, -0.15) is 0 Å². The van der Waals surface area contributed by atoms with Crippen LogP contribution in [0.25, 0.3) is 16.8 Å². The maximum atomic E-state index is 12.7. The predicted octanol–water partition coefficient (Wildman–Crippen LogP) is 5.99. The maximum Gasteiger partial charge on any atom is 0.338 e. The minimum absolute atomic E-state index is 0.418. The summed E-state index contributed by atoms with van der Waals surface area (Å²) in [5, 5.41) is 1.70. The van der Waals surface area contributed by atoms with Crippen molar-refractivity contribution < 1.29 is 23.7 Å². The fourth-order valence-electron chi connectivity index (χ4n) is 4.44. The zero-order valence-corrected chi connectivity index (χ0v) is 19.2. The third kappa shape index (κ3) is 3.46. The van der Waals surface area contributed by atoms with Crippen LogP contribution in [0.1, 0.15) is 27.0 Å². The number of rotatable bonds is 5. The van der Waals surface area contributed by atoms with Crippen LogP contribution in [0.2, 0.25) is 0 Å². The molecule has 0 spiro atoms. The maximum absolute atomic E-state index is 12.7. The van der Waals surface area contributed by atoms with Gasteiger partial charge in [-0.1, -0.05) is 48.5 Å². The van der Waals surface area contributed by atoms with Gasteiger partial charge in [-0.3, -0.25) is 0 Å². The minimum Gasteiger partial charge on any atom is -0.497 e. The number of methoxy groups -OCH3 is 3. The molecule has 4 aromatic carbocycles. The summed E-state index contributed by atoms with van der Waals surface area (Å²) < 4.78 is 22.8. The smallest absolute Gasteiger partial charge is 0.338 e. The molecule has 5 nitrogen and oxygen atoms in total. The Morgan fingerprint density at radius 1 is 0.794 bits per heavy atom. The second kappa shape index (κ2) is 8.60. The first kappa shape index (κ1) is 21.6. The summed E-state index contributed by atoms with van der Waals surface area (Å²) in [7, 11) is 4.65. The highest BCUT2D eigenvalue weighted by Crippen LogP contribution is 2.47. The zero-order chi connectivity index (χ0) is 23.7. The van der Waals surface area contributed by atoms with Gasteiger partial charge in [-0.25, -0.2) is 4.79 Å². The number of carbonyl (C=O) groups excluding carboxylic acids is 1. The van der Waals surface area contributed by atoms with E-state index in [-0.39, 0.29) is 0 Å². The van der Waals surface area contributed by atoms with E-state index in [4.69, 9.17) is 18.9 Å². The molecule has 4 aromatic rings. The van der Waals surface area contributed by atoms with Crippen LogP contribution in [0.4, 0.5) is 0 Å². The average molecular weight is 453 g/mol. The first-order chi connectivity index (χ1) is 16.6. The molecule has 0 aromatic heterocycles. The highest BCUT2D eigenvalue weighted by atomic mass is 16.5. The lowest BCUT2D eigenvalue weighted by atomic mass is 9.82. The van der Waals surface area contributed by atoms with Crippen LogP contribution >= 0.6 is 0 Å². The van der Waals surface area contributed by atoms with Gasteiger partial charge < -0.3 is 18.9 Å². The topological polar surface area (TPSA) is 54.0 Å². The molecule has 1 atom stereocenters. The van der Waals surface area contributed by atoms with E-state index in [1.54, 1.807) is 14.2 Å². The summed E-state index contributed by atoms with van der Waals surface area (Å²) in [6, 6.07) is 25.4. The molecule has 5 heteroatoms. The Morgan fingerprint density at radius 2 is 1.47 bits per heavy atom. The SMILES string of the molecule is COC(=O)c1cc2ccc(OC)cc2c2c1C=CC(c1ccccc1)(c1ccc(OC)cc1)O2. The molecule has 0 saturated carbocycles. The van der Waals surface area contributed by atoms with Crippen molar-refractivity contribution in [2.45, 2.75) is 5.60 Å². The zero-order valence-electron chi connectivity index (χ0n) is 19.2. The Hall–Kier alpha value is -4.25. The Bertz CT molecular complexity index is 1390. The molecule has 0 bridgehead atoms. The van der Waals surface area contributed by atoms with Crippen molar-refractivity contribution in [3.8, 4) is 17.2 Å². The normalized spacial score (nSPS) is 16.4. The number of carbonyl (C=O) groups is 1. The van der Waals surface area contributed by atoms with Crippen LogP contribution < -0.4 is 14.2 Å². The standard InChI is InChI=1S/C29H24O5/c1-31-22-13-10-21(11-14-22)29(20-7-5-4-6-8-20)16-15-24-26(28(30)33-3)17-19-9-12-23(32-2)18-25(19)27(24)34-29/h4-18H,1-3H3. The summed E-state index contributed by atoms with van der Waals surface area (Å²) in [6.07, 6.45) is 3.94. The second-order valence-electron chi connectivity index (χ2n) is 8.01. The van der Waals surface area contributed by atoms with Crippen molar-refractivity contribution in [3.05, 3.63) is 107 Å². The highest BCUT2D eigenvalue weighted by molar-refractivity contribution is 6.04. The van der Waals surface area contributed by atoms with E-state index in [2.05, 4.69) is 0 Å². The van der Waals surface area contributed by atoms with Gasteiger partial charge in [0.25, 0.3) is 0 Å². The molecular formula is C29H24O5. The van der Waals surface area contributed by atoms with E-state index >= 15 is 0 Å². The molecule has 0 radical (unpaired) electrons. The molecule has 0 amide bonds. The van der Waals surface area contributed by atoms with Gasteiger partial charge in [0.2, 0.25) is 0 Å². The van der Waals surface area contributed by atoms with Crippen molar-refractivity contribution in [2.75, 3.05) is 21.3 Å². The molecular weight excluding hydrogens is 428 g/mol. The van der Waals surface area contributed by atoms with Gasteiger partial charge >= 0.3 is 5.97 Å². The third-order valence-electron chi connectivity index (χ3n) is 6.21. The number of benzene rings is 4. The number of hydrogen-bond donors (Lipinski definition) is 0. The fraction of sp³-hybridized carbons (Fsp3) is 0.138. The summed E-state index contributed by atoms with van der Waals surface area (Å²) in [6.45, 7) is 0. The lowest BCUT2D eigenvalue weighted by molar-refractivity contribution is 0.0599. The van der Waals surface area contributed by atoms with Gasteiger partial charge in [0.05, 0.1) is 26.9 Å². The average Bonchev–Trinajstić information content (AvgIpc) is 2.92. The summed E-state index contributed by atoms with van der Waals surface area (Å²) >= 11 is 0. The molecule has 0 fully saturated rings. The summed E-state index contributed by atoms with van der Waals surface area (Å²) in [5.74, 6) is 1.64. The van der Waals surface area contributed by atoms with E-state index in [1.165, 1.54) is 7.11 Å². The molecule has 0 N–H and O–H groups in total. The van der Waals surface area contributed by atoms with Gasteiger partial charge in [-0.05, 0) is 47.9 Å². The minimum atomic E-state index is -0.911. The Labute approximate surface area is 198 Å². The molecule has 34 heavy (non-hydrogen) atoms. The number of esters is 1. The van der Waals surface area contributed by atoms with Crippen molar-refractivity contribution in [3.63, 3.8) is 0 Å². The Balaban J connectivity index is 1.80. The van der Waals surface area contributed by atoms with E-state index in [9.17, 15) is 4.79 Å². The first-order valence-electron chi connectivity index (χ1n) is 10.9. The van der Waals surface area contributed by atoms with Crippen LogP contribution in [0.3, 0.4) is 0 Å². The van der Waals surface area contributed by atoms with E-state index < -0.39 is 11.6 Å². The van der Waals surface area contributed by atoms with Gasteiger partial charge in [0.1, 0.15) is 17.2 Å². The monoisotopic (exact) mass is 452 g/mol. The second-order valence-corrected chi connectivity index (χ2v) is 8.01. The van der Waals surface area contributed by atoms with Gasteiger partial charge in [0.15, 0.2) is 5.60 Å². The van der Waals surface area contributed by atoms with Crippen molar-refractivity contribution >= 4 is 22.8 Å². The van der Waals surface area contributed by atoms with E-state index in [0.29, 0.717) is 22.6 Å². The van der Waals surface area contributed by atoms with Crippen LogP contribution in [0, 0.1) is 0 Å². The van der Waals surface area contributed by atoms with E-state index in [0.717, 1.165) is 27.6 Å². The molecule has 1 unspecified atom stereocenters. The van der Waals surface area contributed by atoms with Crippen molar-refractivity contribution in [1.29, 1.82) is 0 Å². The molecule has 170 valence electrons. The van der Waals surface area contributed by atoms with Crippen molar-refractivity contribution in [1.82, 2.24) is 0 Å². The lowest BCUT2D eigenvalue weighted by Gasteiger charge is -2.37. The number of ether oxygens (including phenoxy) is 4. The summed E-state index contributed by atoms with van der Waals surface area (Å²) in [5.41, 5.74) is 2.10. The van der Waals surface area contributed by atoms with Gasteiger partial charge in [-0.15, -0.1) is 0 Å². The third-order valence-corrected chi connectivity index (χ3v) is 6.21. The Morgan fingerprint density at radius 3 is 2.15 bits per heavy atom. The molecule has 1 heterocycles. The highest BCUT2D eigenvalue weighted by Gasteiger charge is 2.39. The molecule has 0 aliphatic carbocycles. The lowest BCUT2D eigenvalue weighted by Crippen LogP contribution is -2.34. The first-order valence-corrected chi connectivity index (χ1v) is 10.9. The predicted molar refractivity (Wildman–Crippen MR) is 132 cm³/mol. The Kier molecular flexibility index (Phi) is 5.46. The van der Waals surface area contributed by atoms with Crippen LogP contribution in [-0.2, 0) is 10.3 Å². The van der Waals surface area contributed by atoms with Crippen LogP contribution in [0.15, 0.2) is 84.9 Å². The fourth-order valence-corrected chi connectivity index (χ4v) is 4.44. The van der Waals surface area contributed by atoms with Crippen LogP contribution in [0.5, 0.6) is 17.2 Å². The summed E-state index contributed by atoms with van der Waals surface area (Å²) in [4.78, 5) is 12.7.